The van der Waals surface area contributed by atoms with Crippen LogP contribution in [0.1, 0.15) is 43.0 Å². The third-order valence-corrected chi connectivity index (χ3v) is 6.69. The van der Waals surface area contributed by atoms with E-state index < -0.39 is 52.1 Å². The van der Waals surface area contributed by atoms with Gasteiger partial charge in [-0.2, -0.15) is 31.4 Å². The molecule has 1 atom stereocenters. The lowest BCUT2D eigenvalue weighted by Gasteiger charge is -2.37. The Bertz CT molecular complexity index is 1300. The SMILES string of the molecule is CC(COCCC(=O)N1CCC2(CC1)C(=O)Nc1cc(C(F)(F)F)cnc12)Nc1cn[nH]c(=O)c1C(F)(F)F. The topological polar surface area (TPSA) is 129 Å². The second kappa shape index (κ2) is 10.5. The van der Waals surface area contributed by atoms with Gasteiger partial charge in [-0.15, -0.1) is 0 Å². The van der Waals surface area contributed by atoms with Gasteiger partial charge in [0.05, 0.1) is 53.9 Å². The quantitative estimate of drug-likeness (QED) is 0.350. The molecule has 4 rings (SSSR count). The average Bonchev–Trinajstić information content (AvgIpc) is 3.11. The van der Waals surface area contributed by atoms with Crippen molar-refractivity contribution in [3.63, 3.8) is 0 Å². The molecule has 2 aliphatic rings. The van der Waals surface area contributed by atoms with Crippen molar-refractivity contribution >= 4 is 23.2 Å². The first kappa shape index (κ1) is 28.3. The number of fused-ring (bicyclic) bond motifs is 2. The van der Waals surface area contributed by atoms with Gasteiger partial charge in [0.1, 0.15) is 5.56 Å². The van der Waals surface area contributed by atoms with Crippen LogP contribution in [0, 0.1) is 0 Å². The smallest absolute Gasteiger partial charge is 0.379 e. The maximum Gasteiger partial charge on any atom is 0.423 e. The van der Waals surface area contributed by atoms with E-state index in [0.29, 0.717) is 6.20 Å². The van der Waals surface area contributed by atoms with Gasteiger partial charge in [0.2, 0.25) is 11.8 Å². The lowest BCUT2D eigenvalue weighted by atomic mass is 9.76. The molecule has 16 heteroatoms. The van der Waals surface area contributed by atoms with Crippen LogP contribution >= 0.6 is 0 Å². The molecule has 0 bridgehead atoms. The Hall–Kier alpha value is -3.69. The first-order valence-electron chi connectivity index (χ1n) is 11.9. The summed E-state index contributed by atoms with van der Waals surface area (Å²) in [5.41, 5.74) is -5.11. The lowest BCUT2D eigenvalue weighted by molar-refractivity contribution is -0.138. The van der Waals surface area contributed by atoms with E-state index in [1.165, 1.54) is 11.8 Å². The number of carbonyl (C=O) groups is 2. The number of halogens is 6. The Balaban J connectivity index is 1.26. The number of hydrogen-bond donors (Lipinski definition) is 3. The Morgan fingerprint density at radius 1 is 1.15 bits per heavy atom. The molecule has 1 saturated heterocycles. The molecule has 212 valence electrons. The fourth-order valence-corrected chi connectivity index (χ4v) is 4.72. The van der Waals surface area contributed by atoms with Crippen LogP contribution in [0.5, 0.6) is 0 Å². The molecule has 0 aliphatic carbocycles. The molecule has 1 unspecified atom stereocenters. The predicted octanol–water partition coefficient (Wildman–Crippen LogP) is 2.92. The van der Waals surface area contributed by atoms with Crippen molar-refractivity contribution < 1.29 is 40.7 Å². The molecular formula is C23H24F6N6O4. The van der Waals surface area contributed by atoms with Crippen LogP contribution in [0.2, 0.25) is 0 Å². The van der Waals surface area contributed by atoms with Gasteiger partial charge in [0.25, 0.3) is 5.56 Å². The molecule has 2 aromatic rings. The Labute approximate surface area is 217 Å². The number of nitrogens with one attached hydrogen (secondary N) is 3. The van der Waals surface area contributed by atoms with Gasteiger partial charge in [-0.05, 0) is 25.8 Å². The van der Waals surface area contributed by atoms with Crippen molar-refractivity contribution in [1.29, 1.82) is 0 Å². The monoisotopic (exact) mass is 562 g/mol. The van der Waals surface area contributed by atoms with Crippen LogP contribution in [0.25, 0.3) is 0 Å². The Kier molecular flexibility index (Phi) is 7.60. The minimum absolute atomic E-state index is 0.0176. The van der Waals surface area contributed by atoms with Crippen LogP contribution in [-0.2, 0) is 32.1 Å². The minimum atomic E-state index is -4.89. The highest BCUT2D eigenvalue weighted by molar-refractivity contribution is 6.05. The van der Waals surface area contributed by atoms with Crippen LogP contribution < -0.4 is 16.2 Å². The number of piperidine rings is 1. The van der Waals surface area contributed by atoms with Crippen LogP contribution in [-0.4, -0.2) is 64.2 Å². The largest absolute Gasteiger partial charge is 0.423 e. The summed E-state index contributed by atoms with van der Waals surface area (Å²) in [6.07, 6.45) is -7.60. The zero-order valence-electron chi connectivity index (χ0n) is 20.5. The highest BCUT2D eigenvalue weighted by Crippen LogP contribution is 2.45. The van der Waals surface area contributed by atoms with E-state index in [-0.39, 0.29) is 62.9 Å². The number of carbonyl (C=O) groups excluding carboxylic acids is 2. The molecule has 3 N–H and O–H groups in total. The standard InChI is InChI=1S/C23H24F6N6O4/c1-12(32-15-10-31-34-19(37)17(15)23(27,28)29)11-39-7-2-16(36)35-5-3-21(4-6-35)18-14(33-20(21)38)8-13(9-30-18)22(24,25)26/h8-10,12H,2-7,11H2,1H3,(H,33,38)(H2,32,34,37). The van der Waals surface area contributed by atoms with E-state index in [9.17, 15) is 40.7 Å². The second-order valence-corrected chi connectivity index (χ2v) is 9.39. The van der Waals surface area contributed by atoms with Gasteiger partial charge in [0, 0.05) is 25.3 Å². The molecule has 4 heterocycles. The molecule has 0 saturated carbocycles. The maximum absolute atomic E-state index is 13.2. The number of amides is 2. The highest BCUT2D eigenvalue weighted by atomic mass is 19.4. The first-order valence-corrected chi connectivity index (χ1v) is 11.9. The average molecular weight is 562 g/mol. The number of pyridine rings is 1. The van der Waals surface area contributed by atoms with Gasteiger partial charge in [-0.25, -0.2) is 5.10 Å². The molecule has 2 aliphatic heterocycles. The molecule has 2 amide bonds. The summed E-state index contributed by atoms with van der Waals surface area (Å²) < 4.78 is 83.9. The molecule has 10 nitrogen and oxygen atoms in total. The first-order chi connectivity index (χ1) is 18.2. The van der Waals surface area contributed by atoms with Gasteiger partial charge in [0.15, 0.2) is 0 Å². The summed E-state index contributed by atoms with van der Waals surface area (Å²) in [6.45, 7) is 1.80. The molecule has 39 heavy (non-hydrogen) atoms. The van der Waals surface area contributed by atoms with Crippen LogP contribution in [0.4, 0.5) is 37.7 Å². The summed E-state index contributed by atoms with van der Waals surface area (Å²) in [7, 11) is 0. The second-order valence-electron chi connectivity index (χ2n) is 9.39. The Morgan fingerprint density at radius 2 is 1.85 bits per heavy atom. The lowest BCUT2D eigenvalue weighted by Crippen LogP contribution is -2.48. The van der Waals surface area contributed by atoms with E-state index >= 15 is 0 Å². The van der Waals surface area contributed by atoms with Crippen molar-refractivity contribution in [1.82, 2.24) is 20.1 Å². The zero-order valence-corrected chi connectivity index (χ0v) is 20.5. The maximum atomic E-state index is 13.2. The third-order valence-electron chi connectivity index (χ3n) is 6.69. The molecule has 1 spiro atoms. The van der Waals surface area contributed by atoms with Crippen LogP contribution in [0.3, 0.4) is 0 Å². The van der Waals surface area contributed by atoms with Crippen LogP contribution in [0.15, 0.2) is 23.3 Å². The number of aromatic nitrogens is 3. The van der Waals surface area contributed by atoms with Gasteiger partial charge in [-0.1, -0.05) is 0 Å². The van der Waals surface area contributed by atoms with Gasteiger partial charge >= 0.3 is 12.4 Å². The zero-order chi connectivity index (χ0) is 28.6. The van der Waals surface area contributed by atoms with Crippen molar-refractivity contribution in [3.05, 3.63) is 45.6 Å². The predicted molar refractivity (Wildman–Crippen MR) is 124 cm³/mol. The number of likely N-dealkylation sites (tertiary alicyclic amines) is 1. The summed E-state index contributed by atoms with van der Waals surface area (Å²) in [6, 6.07) is 0.210. The van der Waals surface area contributed by atoms with Crippen molar-refractivity contribution in [2.45, 2.75) is 50.0 Å². The van der Waals surface area contributed by atoms with Gasteiger partial charge < -0.3 is 20.3 Å². The number of alkyl halides is 6. The fourth-order valence-electron chi connectivity index (χ4n) is 4.72. The number of hydrogen-bond acceptors (Lipinski definition) is 7. The molecule has 0 aromatic carbocycles. The summed E-state index contributed by atoms with van der Waals surface area (Å²) >= 11 is 0. The number of H-pyrrole nitrogens is 1. The minimum Gasteiger partial charge on any atom is -0.379 e. The molecule has 0 radical (unpaired) electrons. The van der Waals surface area contributed by atoms with E-state index in [1.807, 2.05) is 0 Å². The summed E-state index contributed by atoms with van der Waals surface area (Å²) in [4.78, 5) is 42.3. The van der Waals surface area contributed by atoms with Crippen molar-refractivity contribution in [2.75, 3.05) is 36.9 Å². The summed E-state index contributed by atoms with van der Waals surface area (Å²) in [5, 5.41) is 10.1. The van der Waals surface area contributed by atoms with E-state index in [1.54, 1.807) is 5.10 Å². The normalized spacial score (nSPS) is 17.6. The molecular weight excluding hydrogens is 538 g/mol. The molecule has 1 fully saturated rings. The van der Waals surface area contributed by atoms with Crippen molar-refractivity contribution in [2.24, 2.45) is 0 Å². The summed E-state index contributed by atoms with van der Waals surface area (Å²) in [5.74, 6) is -0.729. The highest BCUT2D eigenvalue weighted by Gasteiger charge is 2.51. The number of anilines is 2. The van der Waals surface area contributed by atoms with E-state index in [0.717, 1.165) is 12.3 Å². The number of rotatable bonds is 7. The number of aromatic amines is 1. The van der Waals surface area contributed by atoms with E-state index in [4.69, 9.17) is 4.74 Å². The number of nitrogens with zero attached hydrogens (tertiary/aromatic N) is 3. The third kappa shape index (κ3) is 5.84. The molecule has 2 aromatic heterocycles. The number of ether oxygens (including phenoxy) is 1. The van der Waals surface area contributed by atoms with E-state index in [2.05, 4.69) is 20.7 Å². The Morgan fingerprint density at radius 3 is 2.49 bits per heavy atom. The van der Waals surface area contributed by atoms with Crippen molar-refractivity contribution in [3.8, 4) is 0 Å². The fraction of sp³-hybridized carbons (Fsp3) is 0.522. The van der Waals surface area contributed by atoms with Gasteiger partial charge in [-0.3, -0.25) is 19.4 Å².